The number of rotatable bonds is 9. The van der Waals surface area contributed by atoms with Crippen LogP contribution in [0.3, 0.4) is 0 Å². The van der Waals surface area contributed by atoms with Crippen molar-refractivity contribution in [2.24, 2.45) is 0 Å². The van der Waals surface area contributed by atoms with Gasteiger partial charge in [0.25, 0.3) is 0 Å². The summed E-state index contributed by atoms with van der Waals surface area (Å²) in [5.41, 5.74) is 0. The van der Waals surface area contributed by atoms with Crippen LogP contribution in [-0.4, -0.2) is 53.4 Å². The predicted octanol–water partition coefficient (Wildman–Crippen LogP) is 1.11. The Morgan fingerprint density at radius 2 is 1.73 bits per heavy atom. The van der Waals surface area contributed by atoms with E-state index in [4.69, 9.17) is 9.47 Å². The van der Waals surface area contributed by atoms with Gasteiger partial charge in [0.05, 0.1) is 31.0 Å². The fourth-order valence-corrected chi connectivity index (χ4v) is 2.46. The Labute approximate surface area is 132 Å². The Bertz CT molecular complexity index is 329. The van der Waals surface area contributed by atoms with E-state index in [-0.39, 0.29) is 24.7 Å². The fourth-order valence-electron chi connectivity index (χ4n) is 2.46. The summed E-state index contributed by atoms with van der Waals surface area (Å²) in [6.45, 7) is 7.46. The molecule has 6 heteroatoms. The van der Waals surface area contributed by atoms with Gasteiger partial charge in [-0.1, -0.05) is 20.4 Å². The molecule has 1 aliphatic rings. The summed E-state index contributed by atoms with van der Waals surface area (Å²) < 4.78 is 11.6. The molecule has 0 saturated carbocycles. The lowest BCUT2D eigenvalue weighted by Gasteiger charge is -2.37. The van der Waals surface area contributed by atoms with Crippen LogP contribution < -0.4 is 5.32 Å². The van der Waals surface area contributed by atoms with Gasteiger partial charge in [0.15, 0.2) is 6.29 Å². The molecule has 0 spiro atoms. The van der Waals surface area contributed by atoms with Crippen molar-refractivity contribution in [3.8, 4) is 0 Å². The molecule has 1 rings (SSSR count). The van der Waals surface area contributed by atoms with E-state index >= 15 is 0 Å². The van der Waals surface area contributed by atoms with Gasteiger partial charge in [-0.15, -0.1) is 0 Å². The molecule has 0 aliphatic carbocycles. The molecule has 0 aromatic heterocycles. The van der Waals surface area contributed by atoms with Crippen LogP contribution in [-0.2, 0) is 14.3 Å². The third kappa shape index (κ3) is 6.87. The number of nitrogens with one attached hydrogen (secondary N) is 1. The molecule has 1 aliphatic heterocycles. The largest absolute Gasteiger partial charge is 0.393 e. The number of hydrogen-bond acceptors (Lipinski definition) is 5. The van der Waals surface area contributed by atoms with Crippen molar-refractivity contribution in [2.75, 3.05) is 6.54 Å². The minimum atomic E-state index is -0.569. The van der Waals surface area contributed by atoms with Crippen LogP contribution in [0.1, 0.15) is 46.0 Å². The molecule has 0 radical (unpaired) electrons. The van der Waals surface area contributed by atoms with Crippen molar-refractivity contribution in [3.63, 3.8) is 0 Å². The first-order chi connectivity index (χ1) is 10.5. The van der Waals surface area contributed by atoms with Gasteiger partial charge in [-0.2, -0.15) is 0 Å². The van der Waals surface area contributed by atoms with Crippen LogP contribution in [0.2, 0.25) is 0 Å². The highest BCUT2D eigenvalue weighted by atomic mass is 16.7. The number of carbonyl (C=O) groups is 1. The van der Waals surface area contributed by atoms with Crippen LogP contribution in [0.5, 0.6) is 0 Å². The smallest absolute Gasteiger partial charge is 0.243 e. The predicted molar refractivity (Wildman–Crippen MR) is 83.2 cm³/mol. The highest BCUT2D eigenvalue weighted by Crippen LogP contribution is 2.25. The molecule has 1 heterocycles. The maximum absolute atomic E-state index is 11.2. The number of ether oxygens (including phenoxy) is 2. The van der Waals surface area contributed by atoms with Crippen molar-refractivity contribution >= 4 is 5.91 Å². The summed E-state index contributed by atoms with van der Waals surface area (Å²) in [7, 11) is 0. The number of aliphatic hydroxyl groups is 2. The lowest BCUT2D eigenvalue weighted by molar-refractivity contribution is -0.248. The Balaban J connectivity index is 2.58. The second-order valence-electron chi connectivity index (χ2n) is 5.73. The topological polar surface area (TPSA) is 88.0 Å². The summed E-state index contributed by atoms with van der Waals surface area (Å²) in [5.74, 6) is -0.284. The van der Waals surface area contributed by atoms with Crippen molar-refractivity contribution in [1.29, 1.82) is 0 Å². The molecule has 1 amide bonds. The number of hydrogen-bond donors (Lipinski definition) is 3. The van der Waals surface area contributed by atoms with Crippen LogP contribution in [0.4, 0.5) is 0 Å². The first-order valence-electron chi connectivity index (χ1n) is 8.05. The number of amides is 1. The van der Waals surface area contributed by atoms with E-state index in [1.807, 2.05) is 13.8 Å². The molecule has 1 fully saturated rings. The van der Waals surface area contributed by atoms with Gasteiger partial charge < -0.3 is 25.0 Å². The van der Waals surface area contributed by atoms with Crippen LogP contribution in [0, 0.1) is 0 Å². The van der Waals surface area contributed by atoms with Crippen molar-refractivity contribution in [3.05, 3.63) is 12.7 Å². The van der Waals surface area contributed by atoms with Crippen LogP contribution in [0.25, 0.3) is 0 Å². The Hall–Kier alpha value is -0.950. The lowest BCUT2D eigenvalue weighted by atomic mass is 9.98. The molecule has 0 aromatic carbocycles. The second kappa shape index (κ2) is 9.94. The average molecular weight is 315 g/mol. The van der Waals surface area contributed by atoms with Gasteiger partial charge in [-0.25, -0.2) is 0 Å². The van der Waals surface area contributed by atoms with E-state index in [2.05, 4.69) is 11.9 Å². The van der Waals surface area contributed by atoms with E-state index in [0.29, 0.717) is 32.1 Å². The highest BCUT2D eigenvalue weighted by molar-refractivity contribution is 5.86. The molecule has 3 N–H and O–H groups in total. The quantitative estimate of drug-likeness (QED) is 0.555. The first kappa shape index (κ1) is 19.1. The highest BCUT2D eigenvalue weighted by Gasteiger charge is 2.32. The third-order valence-corrected chi connectivity index (χ3v) is 3.86. The van der Waals surface area contributed by atoms with Crippen LogP contribution >= 0.6 is 0 Å². The second-order valence-corrected chi connectivity index (χ2v) is 5.73. The molecule has 6 nitrogen and oxygen atoms in total. The summed E-state index contributed by atoms with van der Waals surface area (Å²) in [4.78, 5) is 11.2. The van der Waals surface area contributed by atoms with Crippen molar-refractivity contribution in [2.45, 2.75) is 76.7 Å². The molecule has 1 saturated heterocycles. The maximum Gasteiger partial charge on any atom is 0.243 e. The summed E-state index contributed by atoms with van der Waals surface area (Å²) >= 11 is 0. The monoisotopic (exact) mass is 315 g/mol. The standard InChI is InChI=1S/C16H29NO5/c1-4-11(18)7-13-9-14(8-12(19)5-2)22-16(21-13)10-17-15(20)6-3/h6,11-14,16,18-19H,3-5,7-10H2,1-2H3,(H,17,20). The Morgan fingerprint density at radius 1 is 1.23 bits per heavy atom. The molecule has 4 atom stereocenters. The van der Waals surface area contributed by atoms with E-state index in [1.54, 1.807) is 0 Å². The van der Waals surface area contributed by atoms with E-state index < -0.39 is 18.5 Å². The van der Waals surface area contributed by atoms with E-state index in [0.717, 1.165) is 0 Å². The normalized spacial score (nSPS) is 27.9. The first-order valence-corrected chi connectivity index (χ1v) is 8.05. The summed E-state index contributed by atoms with van der Waals surface area (Å²) in [5, 5.41) is 22.3. The zero-order valence-electron chi connectivity index (χ0n) is 13.5. The number of aliphatic hydroxyl groups excluding tert-OH is 2. The molecule has 0 bridgehead atoms. The van der Waals surface area contributed by atoms with Gasteiger partial charge in [0, 0.05) is 6.42 Å². The third-order valence-electron chi connectivity index (χ3n) is 3.86. The fraction of sp³-hybridized carbons (Fsp3) is 0.812. The van der Waals surface area contributed by atoms with Gasteiger partial charge in [0.1, 0.15) is 0 Å². The minimum absolute atomic E-state index is 0.136. The molecular formula is C16H29NO5. The molecule has 22 heavy (non-hydrogen) atoms. The number of carbonyl (C=O) groups excluding carboxylic acids is 1. The van der Waals surface area contributed by atoms with Crippen LogP contribution in [0.15, 0.2) is 12.7 Å². The molecule has 4 unspecified atom stereocenters. The summed E-state index contributed by atoms with van der Waals surface area (Å²) in [6, 6.07) is 0. The van der Waals surface area contributed by atoms with E-state index in [1.165, 1.54) is 6.08 Å². The Morgan fingerprint density at radius 3 is 2.14 bits per heavy atom. The zero-order valence-corrected chi connectivity index (χ0v) is 13.5. The lowest BCUT2D eigenvalue weighted by Crippen LogP contribution is -2.45. The van der Waals surface area contributed by atoms with Gasteiger partial charge in [-0.05, 0) is 31.8 Å². The van der Waals surface area contributed by atoms with Gasteiger partial charge >= 0.3 is 0 Å². The van der Waals surface area contributed by atoms with E-state index in [9.17, 15) is 15.0 Å². The molecule has 128 valence electrons. The molecule has 0 aromatic rings. The van der Waals surface area contributed by atoms with Gasteiger partial charge in [0.2, 0.25) is 5.91 Å². The summed E-state index contributed by atoms with van der Waals surface area (Å²) in [6.07, 6.45) is 2.56. The average Bonchev–Trinajstić information content (AvgIpc) is 2.51. The minimum Gasteiger partial charge on any atom is -0.393 e. The van der Waals surface area contributed by atoms with Crippen molar-refractivity contribution < 1.29 is 24.5 Å². The van der Waals surface area contributed by atoms with Gasteiger partial charge in [-0.3, -0.25) is 4.79 Å². The Kier molecular flexibility index (Phi) is 8.63. The maximum atomic E-state index is 11.2. The van der Waals surface area contributed by atoms with Crippen molar-refractivity contribution in [1.82, 2.24) is 5.32 Å². The SMILES string of the molecule is C=CC(=O)NCC1OC(CC(O)CC)CC(CC(O)CC)O1. The molecular weight excluding hydrogens is 286 g/mol. The zero-order chi connectivity index (χ0) is 16.5.